The van der Waals surface area contributed by atoms with Gasteiger partial charge in [0.05, 0.1) is 0 Å². The number of amides is 2. The molecule has 3 rings (SSSR count). The lowest BCUT2D eigenvalue weighted by molar-refractivity contribution is -0.125. The first-order chi connectivity index (χ1) is 12.9. The maximum absolute atomic E-state index is 12.9. The Labute approximate surface area is 163 Å². The van der Waals surface area contributed by atoms with Crippen LogP contribution in [0, 0.1) is 24.6 Å². The van der Waals surface area contributed by atoms with Gasteiger partial charge in [-0.25, -0.2) is 4.39 Å². The molecule has 0 radical (unpaired) electrons. The summed E-state index contributed by atoms with van der Waals surface area (Å²) < 4.78 is 12.9. The lowest BCUT2D eigenvalue weighted by Crippen LogP contribution is -2.32. The van der Waals surface area contributed by atoms with Gasteiger partial charge < -0.3 is 10.6 Å². The van der Waals surface area contributed by atoms with E-state index in [4.69, 9.17) is 11.6 Å². The summed E-state index contributed by atoms with van der Waals surface area (Å²) in [6, 6.07) is 11.2. The highest BCUT2D eigenvalue weighted by Gasteiger charge is 2.30. The number of anilines is 2. The van der Waals surface area contributed by atoms with Crippen molar-refractivity contribution in [3.05, 3.63) is 58.9 Å². The van der Waals surface area contributed by atoms with Gasteiger partial charge in [0.25, 0.3) is 0 Å². The Morgan fingerprint density at radius 3 is 1.89 bits per heavy atom. The minimum atomic E-state index is -0.339. The Morgan fingerprint density at radius 2 is 1.37 bits per heavy atom. The van der Waals surface area contributed by atoms with Crippen molar-refractivity contribution < 1.29 is 14.0 Å². The maximum Gasteiger partial charge on any atom is 0.227 e. The summed E-state index contributed by atoms with van der Waals surface area (Å²) in [6.45, 7) is 1.91. The van der Waals surface area contributed by atoms with Gasteiger partial charge in [-0.05, 0) is 74.6 Å². The van der Waals surface area contributed by atoms with E-state index in [2.05, 4.69) is 10.6 Å². The molecule has 1 aliphatic carbocycles. The fourth-order valence-corrected chi connectivity index (χ4v) is 3.49. The summed E-state index contributed by atoms with van der Waals surface area (Å²) in [5.41, 5.74) is 2.23. The second-order valence-corrected chi connectivity index (χ2v) is 7.41. The van der Waals surface area contributed by atoms with Crippen LogP contribution in [0.25, 0.3) is 0 Å². The van der Waals surface area contributed by atoms with Gasteiger partial charge in [0.2, 0.25) is 11.8 Å². The average molecular weight is 389 g/mol. The monoisotopic (exact) mass is 388 g/mol. The van der Waals surface area contributed by atoms with Gasteiger partial charge in [0, 0.05) is 28.2 Å². The molecule has 6 heteroatoms. The number of hydrogen-bond acceptors (Lipinski definition) is 2. The van der Waals surface area contributed by atoms with E-state index < -0.39 is 0 Å². The highest BCUT2D eigenvalue weighted by molar-refractivity contribution is 6.31. The van der Waals surface area contributed by atoms with Gasteiger partial charge in [-0.3, -0.25) is 9.59 Å². The highest BCUT2D eigenvalue weighted by Crippen LogP contribution is 2.31. The number of carbonyl (C=O) groups is 2. The Bertz CT molecular complexity index is 831. The van der Waals surface area contributed by atoms with Gasteiger partial charge in [-0.15, -0.1) is 0 Å². The van der Waals surface area contributed by atoms with Crippen LogP contribution in [0.3, 0.4) is 0 Å². The van der Waals surface area contributed by atoms with Crippen LogP contribution in [-0.2, 0) is 9.59 Å². The molecule has 0 bridgehead atoms. The van der Waals surface area contributed by atoms with E-state index in [9.17, 15) is 14.0 Å². The van der Waals surface area contributed by atoms with Crippen molar-refractivity contribution in [2.75, 3.05) is 10.6 Å². The summed E-state index contributed by atoms with van der Waals surface area (Å²) in [6.07, 6.45) is 2.62. The third-order valence-electron chi connectivity index (χ3n) is 5.02. The zero-order valence-corrected chi connectivity index (χ0v) is 15.9. The number of carbonyl (C=O) groups excluding carboxylic acids is 2. The smallest absolute Gasteiger partial charge is 0.227 e. The quantitative estimate of drug-likeness (QED) is 0.758. The summed E-state index contributed by atoms with van der Waals surface area (Å²) in [5.74, 6) is -0.694. The van der Waals surface area contributed by atoms with E-state index in [1.54, 1.807) is 18.2 Å². The summed E-state index contributed by atoms with van der Waals surface area (Å²) in [7, 11) is 0. The van der Waals surface area contributed by atoms with Crippen LogP contribution < -0.4 is 10.6 Å². The SMILES string of the molecule is Cc1ccc(NC(=O)C2CCC(C(=O)Nc3ccc(F)cc3)CC2)cc1Cl. The molecule has 0 aromatic heterocycles. The largest absolute Gasteiger partial charge is 0.326 e. The van der Waals surface area contributed by atoms with Crippen molar-refractivity contribution in [1.82, 2.24) is 0 Å². The number of nitrogens with one attached hydrogen (secondary N) is 2. The molecular weight excluding hydrogens is 367 g/mol. The summed E-state index contributed by atoms with van der Waals surface area (Å²) in [5, 5.41) is 6.34. The summed E-state index contributed by atoms with van der Waals surface area (Å²) in [4.78, 5) is 24.8. The Hall–Kier alpha value is -2.40. The Kier molecular flexibility index (Phi) is 6.11. The molecule has 2 amide bonds. The predicted molar refractivity (Wildman–Crippen MR) is 105 cm³/mol. The van der Waals surface area contributed by atoms with Crippen molar-refractivity contribution in [1.29, 1.82) is 0 Å². The van der Waals surface area contributed by atoms with Gasteiger partial charge >= 0.3 is 0 Å². The lowest BCUT2D eigenvalue weighted by Gasteiger charge is -2.27. The second kappa shape index (κ2) is 8.53. The summed E-state index contributed by atoms with van der Waals surface area (Å²) >= 11 is 6.10. The average Bonchev–Trinajstić information content (AvgIpc) is 2.66. The first-order valence-electron chi connectivity index (χ1n) is 9.06. The van der Waals surface area contributed by atoms with Crippen LogP contribution in [0.5, 0.6) is 0 Å². The van der Waals surface area contributed by atoms with Crippen molar-refractivity contribution in [2.24, 2.45) is 11.8 Å². The number of halogens is 2. The van der Waals surface area contributed by atoms with E-state index in [1.807, 2.05) is 19.1 Å². The molecule has 1 fully saturated rings. The van der Waals surface area contributed by atoms with Crippen LogP contribution in [-0.4, -0.2) is 11.8 Å². The molecule has 27 heavy (non-hydrogen) atoms. The molecule has 0 saturated heterocycles. The first kappa shape index (κ1) is 19.4. The van der Waals surface area contributed by atoms with Crippen molar-refractivity contribution in [2.45, 2.75) is 32.6 Å². The predicted octanol–water partition coefficient (Wildman–Crippen LogP) is 5.17. The van der Waals surface area contributed by atoms with E-state index in [-0.39, 0.29) is 29.5 Å². The normalized spacial score (nSPS) is 19.4. The number of rotatable bonds is 4. The van der Waals surface area contributed by atoms with Gasteiger partial charge in [0.15, 0.2) is 0 Å². The van der Waals surface area contributed by atoms with Crippen LogP contribution >= 0.6 is 11.6 Å². The Morgan fingerprint density at radius 1 is 0.889 bits per heavy atom. The molecule has 1 aliphatic rings. The molecule has 2 N–H and O–H groups in total. The molecule has 0 heterocycles. The molecule has 0 unspecified atom stereocenters. The van der Waals surface area contributed by atoms with E-state index in [0.717, 1.165) is 5.56 Å². The maximum atomic E-state index is 12.9. The number of benzene rings is 2. The van der Waals surface area contributed by atoms with Crippen LogP contribution in [0.4, 0.5) is 15.8 Å². The van der Waals surface area contributed by atoms with Gasteiger partial charge in [-0.1, -0.05) is 17.7 Å². The van der Waals surface area contributed by atoms with E-state index >= 15 is 0 Å². The van der Waals surface area contributed by atoms with Crippen LogP contribution in [0.1, 0.15) is 31.2 Å². The third kappa shape index (κ3) is 5.07. The fourth-order valence-electron chi connectivity index (χ4n) is 3.31. The standard InChI is InChI=1S/C21H22ClFN2O2/c1-13-2-9-18(12-19(13)22)25-21(27)15-5-3-14(4-6-15)20(26)24-17-10-7-16(23)8-11-17/h2,7-12,14-15H,3-6H2,1H3,(H,24,26)(H,25,27). The third-order valence-corrected chi connectivity index (χ3v) is 5.43. The van der Waals surface area contributed by atoms with Crippen molar-refractivity contribution in [3.63, 3.8) is 0 Å². The zero-order chi connectivity index (χ0) is 19.4. The molecule has 0 aliphatic heterocycles. The second-order valence-electron chi connectivity index (χ2n) is 7.00. The topological polar surface area (TPSA) is 58.2 Å². The van der Waals surface area contributed by atoms with E-state index in [0.29, 0.717) is 42.1 Å². The van der Waals surface area contributed by atoms with Crippen LogP contribution in [0.15, 0.2) is 42.5 Å². The van der Waals surface area contributed by atoms with Gasteiger partial charge in [0.1, 0.15) is 5.82 Å². The Balaban J connectivity index is 1.50. The molecule has 2 aromatic carbocycles. The van der Waals surface area contributed by atoms with Gasteiger partial charge in [-0.2, -0.15) is 0 Å². The number of aryl methyl sites for hydroxylation is 1. The number of hydrogen-bond donors (Lipinski definition) is 2. The minimum absolute atomic E-state index is 0.0349. The van der Waals surface area contributed by atoms with E-state index in [1.165, 1.54) is 12.1 Å². The molecule has 142 valence electrons. The molecular formula is C21H22ClFN2O2. The first-order valence-corrected chi connectivity index (χ1v) is 9.43. The zero-order valence-electron chi connectivity index (χ0n) is 15.1. The molecule has 4 nitrogen and oxygen atoms in total. The molecule has 2 aromatic rings. The highest BCUT2D eigenvalue weighted by atomic mass is 35.5. The van der Waals surface area contributed by atoms with Crippen LogP contribution in [0.2, 0.25) is 5.02 Å². The molecule has 0 spiro atoms. The molecule has 0 atom stereocenters. The van der Waals surface area contributed by atoms with Crippen molar-refractivity contribution >= 4 is 34.8 Å². The lowest BCUT2D eigenvalue weighted by atomic mass is 9.81. The minimum Gasteiger partial charge on any atom is -0.326 e. The fraction of sp³-hybridized carbons (Fsp3) is 0.333. The van der Waals surface area contributed by atoms with Crippen molar-refractivity contribution in [3.8, 4) is 0 Å². The molecule has 1 saturated carbocycles.